The van der Waals surface area contributed by atoms with Crippen molar-refractivity contribution in [1.29, 1.82) is 0 Å². The van der Waals surface area contributed by atoms with Gasteiger partial charge in [0.15, 0.2) is 0 Å². The van der Waals surface area contributed by atoms with Crippen molar-refractivity contribution >= 4 is 5.95 Å². The highest BCUT2D eigenvalue weighted by Gasteiger charge is 2.22. The normalized spacial score (nSPS) is 16.5. The fraction of sp³-hybridized carbons (Fsp3) is 0.833. The molecule has 1 fully saturated rings. The molecular weight excluding hydrogens is 234 g/mol. The van der Waals surface area contributed by atoms with Crippen LogP contribution in [0.25, 0.3) is 0 Å². The molecule has 0 amide bonds. The van der Waals surface area contributed by atoms with Crippen LogP contribution in [0.2, 0.25) is 0 Å². The Morgan fingerprint density at radius 2 is 1.83 bits per heavy atom. The van der Waals surface area contributed by atoms with Crippen LogP contribution in [0.4, 0.5) is 5.95 Å². The molecule has 6 heteroatoms. The highest BCUT2D eigenvalue weighted by atomic mass is 16.7. The maximum absolute atomic E-state index is 5.43. The number of piperidine rings is 1. The second kappa shape index (κ2) is 6.70. The first-order chi connectivity index (χ1) is 8.85. The van der Waals surface area contributed by atoms with E-state index in [1.165, 1.54) is 19.3 Å². The summed E-state index contributed by atoms with van der Waals surface area (Å²) in [7, 11) is 0. The van der Waals surface area contributed by atoms with E-state index in [9.17, 15) is 0 Å². The Hall–Kier alpha value is -1.14. The largest absolute Gasteiger partial charge is 0.345 e. The van der Waals surface area contributed by atoms with E-state index in [1.54, 1.807) is 0 Å². The van der Waals surface area contributed by atoms with Crippen molar-refractivity contribution in [3.63, 3.8) is 0 Å². The highest BCUT2D eigenvalue weighted by Crippen LogP contribution is 2.21. The molecule has 0 spiro atoms. The molecule has 0 unspecified atom stereocenters. The molecule has 18 heavy (non-hydrogen) atoms. The summed E-state index contributed by atoms with van der Waals surface area (Å²) in [4.78, 5) is 6.51. The monoisotopic (exact) mass is 255 g/mol. The molecule has 0 atom stereocenters. The molecule has 6 nitrogen and oxygen atoms in total. The van der Waals surface area contributed by atoms with Gasteiger partial charge < -0.3 is 18.9 Å². The van der Waals surface area contributed by atoms with Crippen LogP contribution in [-0.4, -0.2) is 36.4 Å². The van der Waals surface area contributed by atoms with Gasteiger partial charge in [-0.1, -0.05) is 0 Å². The van der Waals surface area contributed by atoms with E-state index in [2.05, 4.69) is 15.0 Å². The lowest BCUT2D eigenvalue weighted by atomic mass is 10.1. The minimum Gasteiger partial charge on any atom is -0.345 e. The van der Waals surface area contributed by atoms with Crippen LogP contribution in [0.15, 0.2) is 4.52 Å². The Morgan fingerprint density at radius 3 is 2.44 bits per heavy atom. The third kappa shape index (κ3) is 3.20. The lowest BCUT2D eigenvalue weighted by Crippen LogP contribution is -2.30. The third-order valence-corrected chi connectivity index (χ3v) is 2.91. The van der Waals surface area contributed by atoms with Gasteiger partial charge in [0.2, 0.25) is 6.29 Å². The van der Waals surface area contributed by atoms with Crippen LogP contribution in [-0.2, 0) is 9.47 Å². The average Bonchev–Trinajstić information content (AvgIpc) is 2.89. The van der Waals surface area contributed by atoms with E-state index >= 15 is 0 Å². The predicted molar refractivity (Wildman–Crippen MR) is 66.4 cm³/mol. The SMILES string of the molecule is CCOC(OCC)c1nc(N2CCCCC2)no1. The van der Waals surface area contributed by atoms with Crippen molar-refractivity contribution in [2.75, 3.05) is 31.2 Å². The predicted octanol–water partition coefficient (Wildman–Crippen LogP) is 2.13. The fourth-order valence-corrected chi connectivity index (χ4v) is 2.04. The van der Waals surface area contributed by atoms with Crippen LogP contribution in [0.5, 0.6) is 0 Å². The summed E-state index contributed by atoms with van der Waals surface area (Å²) in [6.45, 7) is 6.90. The molecule has 0 bridgehead atoms. The summed E-state index contributed by atoms with van der Waals surface area (Å²) in [5, 5.41) is 4.01. The first-order valence-corrected chi connectivity index (χ1v) is 6.67. The molecule has 1 aliphatic rings. The zero-order valence-electron chi connectivity index (χ0n) is 11.1. The Morgan fingerprint density at radius 1 is 1.17 bits per heavy atom. The van der Waals surface area contributed by atoms with Crippen molar-refractivity contribution in [3.8, 4) is 0 Å². The van der Waals surface area contributed by atoms with Crippen molar-refractivity contribution < 1.29 is 14.0 Å². The first-order valence-electron chi connectivity index (χ1n) is 6.67. The lowest BCUT2D eigenvalue weighted by Gasteiger charge is -2.24. The zero-order chi connectivity index (χ0) is 12.8. The molecule has 1 saturated heterocycles. The van der Waals surface area contributed by atoms with Crippen LogP contribution < -0.4 is 4.90 Å². The molecule has 2 rings (SSSR count). The summed E-state index contributed by atoms with van der Waals surface area (Å²) < 4.78 is 16.1. The molecule has 0 saturated carbocycles. The van der Waals surface area contributed by atoms with E-state index < -0.39 is 6.29 Å². The van der Waals surface area contributed by atoms with E-state index in [0.29, 0.717) is 25.1 Å². The van der Waals surface area contributed by atoms with Gasteiger partial charge in [-0.3, -0.25) is 0 Å². The fourth-order valence-electron chi connectivity index (χ4n) is 2.04. The molecule has 0 radical (unpaired) electrons. The molecule has 2 heterocycles. The van der Waals surface area contributed by atoms with Gasteiger partial charge in [-0.15, -0.1) is 0 Å². The number of anilines is 1. The number of hydrogen-bond acceptors (Lipinski definition) is 6. The summed E-state index contributed by atoms with van der Waals surface area (Å²) in [6, 6.07) is 0. The van der Waals surface area contributed by atoms with Crippen molar-refractivity contribution in [1.82, 2.24) is 10.1 Å². The second-order valence-electron chi connectivity index (χ2n) is 4.22. The van der Waals surface area contributed by atoms with Gasteiger partial charge in [0.25, 0.3) is 11.8 Å². The Bertz CT molecular complexity index is 344. The van der Waals surface area contributed by atoms with Crippen LogP contribution >= 0.6 is 0 Å². The van der Waals surface area contributed by atoms with E-state index in [-0.39, 0.29) is 0 Å². The van der Waals surface area contributed by atoms with Crippen molar-refractivity contribution in [2.24, 2.45) is 0 Å². The van der Waals surface area contributed by atoms with Gasteiger partial charge in [0.1, 0.15) is 0 Å². The Balaban J connectivity index is 2.02. The van der Waals surface area contributed by atoms with Gasteiger partial charge in [-0.25, -0.2) is 0 Å². The highest BCUT2D eigenvalue weighted by molar-refractivity contribution is 5.28. The van der Waals surface area contributed by atoms with E-state index in [1.807, 2.05) is 13.8 Å². The molecule has 1 aliphatic heterocycles. The topological polar surface area (TPSA) is 60.6 Å². The standard InChI is InChI=1S/C12H21N3O3/c1-3-16-11(17-4-2)10-13-12(14-18-10)15-8-6-5-7-9-15/h11H,3-9H2,1-2H3. The minimum absolute atomic E-state index is 0.402. The maximum Gasteiger partial charge on any atom is 0.285 e. The zero-order valence-corrected chi connectivity index (χ0v) is 11.1. The number of rotatable bonds is 6. The second-order valence-corrected chi connectivity index (χ2v) is 4.22. The number of aromatic nitrogens is 2. The summed E-state index contributed by atoms with van der Waals surface area (Å²) in [6.07, 6.45) is 3.10. The number of nitrogens with zero attached hydrogens (tertiary/aromatic N) is 3. The van der Waals surface area contributed by atoms with Gasteiger partial charge in [0, 0.05) is 26.3 Å². The lowest BCUT2D eigenvalue weighted by molar-refractivity contribution is -0.155. The Kier molecular flexibility index (Phi) is 4.95. The quantitative estimate of drug-likeness (QED) is 0.726. The smallest absolute Gasteiger partial charge is 0.285 e. The number of hydrogen-bond donors (Lipinski definition) is 0. The molecule has 1 aromatic rings. The molecule has 1 aromatic heterocycles. The molecule has 102 valence electrons. The summed E-state index contributed by atoms with van der Waals surface area (Å²) in [5.74, 6) is 1.05. The third-order valence-electron chi connectivity index (χ3n) is 2.91. The van der Waals surface area contributed by atoms with Gasteiger partial charge in [-0.05, 0) is 38.3 Å². The van der Waals surface area contributed by atoms with E-state index in [4.69, 9.17) is 14.0 Å². The summed E-state index contributed by atoms with van der Waals surface area (Å²) in [5.41, 5.74) is 0. The van der Waals surface area contributed by atoms with Crippen molar-refractivity contribution in [2.45, 2.75) is 39.4 Å². The first kappa shape index (κ1) is 13.3. The maximum atomic E-state index is 5.43. The Labute approximate surface area is 107 Å². The van der Waals surface area contributed by atoms with Crippen LogP contribution in [0, 0.1) is 0 Å². The minimum atomic E-state index is -0.550. The van der Waals surface area contributed by atoms with Crippen molar-refractivity contribution in [3.05, 3.63) is 5.89 Å². The van der Waals surface area contributed by atoms with Gasteiger partial charge in [0.05, 0.1) is 0 Å². The van der Waals surface area contributed by atoms with E-state index in [0.717, 1.165) is 13.1 Å². The van der Waals surface area contributed by atoms with Crippen LogP contribution in [0.3, 0.4) is 0 Å². The van der Waals surface area contributed by atoms with Gasteiger partial charge >= 0.3 is 0 Å². The molecular formula is C12H21N3O3. The van der Waals surface area contributed by atoms with Gasteiger partial charge in [-0.2, -0.15) is 4.98 Å². The van der Waals surface area contributed by atoms with Crippen LogP contribution in [0.1, 0.15) is 45.3 Å². The summed E-state index contributed by atoms with van der Waals surface area (Å²) >= 11 is 0. The molecule has 0 aliphatic carbocycles. The number of ether oxygens (including phenoxy) is 2. The molecule has 0 aromatic carbocycles. The molecule has 0 N–H and O–H groups in total. The average molecular weight is 255 g/mol.